The summed E-state index contributed by atoms with van der Waals surface area (Å²) in [7, 11) is 0. The molecular formula is HfOZr2. The molecule has 0 aliphatic heterocycles. The average molecular weight is 377 g/mol. The first-order valence-electron chi connectivity index (χ1n) is 0.204. The Labute approximate surface area is 78.1 Å². The van der Waals surface area contributed by atoms with Gasteiger partial charge in [-0.3, -0.25) is 0 Å². The summed E-state index contributed by atoms with van der Waals surface area (Å²) in [4.78, 5) is 0. The standard InChI is InChI=1S/Hf.O.2Zr. The summed E-state index contributed by atoms with van der Waals surface area (Å²) in [6.45, 7) is 0. The minimum absolute atomic E-state index is 0. The van der Waals surface area contributed by atoms with Crippen LogP contribution in [0.2, 0.25) is 0 Å². The minimum atomic E-state index is 0. The Hall–Kier alpha value is 2.44. The summed E-state index contributed by atoms with van der Waals surface area (Å²) >= 11 is 0.300. The second-order valence-corrected chi connectivity index (χ2v) is 0. The summed E-state index contributed by atoms with van der Waals surface area (Å²) in [6.07, 6.45) is 0. The Kier molecular flexibility index (Phi) is 72.6. The van der Waals surface area contributed by atoms with Crippen molar-refractivity contribution in [1.29, 1.82) is 0 Å². The second-order valence-electron chi connectivity index (χ2n) is 0. The van der Waals surface area contributed by atoms with E-state index >= 15 is 0 Å². The third kappa shape index (κ3) is 8.83. The van der Waals surface area contributed by atoms with Gasteiger partial charge in [-0.25, -0.2) is 0 Å². The Morgan fingerprint density at radius 2 is 1.25 bits per heavy atom. The van der Waals surface area contributed by atoms with E-state index in [1.165, 1.54) is 0 Å². The van der Waals surface area contributed by atoms with Crippen LogP contribution >= 0.6 is 0 Å². The van der Waals surface area contributed by atoms with E-state index in [-0.39, 0.29) is 52.0 Å². The number of hydrogen-bond donors (Lipinski definition) is 0. The van der Waals surface area contributed by atoms with Crippen LogP contribution in [0.25, 0.3) is 0 Å². The molecule has 1 nitrogen and oxygen atoms in total. The molecule has 0 aliphatic carbocycles. The molecule has 0 N–H and O–H groups in total. The van der Waals surface area contributed by atoms with Crippen LogP contribution in [-0.2, 0) is 79.6 Å². The first kappa shape index (κ1) is 16.1. The van der Waals surface area contributed by atoms with Gasteiger partial charge in [0.05, 0.1) is 0 Å². The molecule has 0 bridgehead atoms. The molecule has 0 heterocycles. The zero-order valence-electron chi connectivity index (χ0n) is 1.91. The van der Waals surface area contributed by atoms with Gasteiger partial charge in [-0.2, -0.15) is 0 Å². The molecule has 0 unspecified atom stereocenters. The first-order valence-corrected chi connectivity index (χ1v) is 1.21. The molecule has 0 aromatic carbocycles. The minimum Gasteiger partial charge on any atom is 0 e. The van der Waals surface area contributed by atoms with Gasteiger partial charge >= 0.3 is 27.5 Å². The largest absolute Gasteiger partial charge is 0 e. The SMILES string of the molecule is [Hf].[O]=[Zr].[Zr]. The van der Waals surface area contributed by atoms with Crippen molar-refractivity contribution in [3.63, 3.8) is 0 Å². The van der Waals surface area contributed by atoms with Gasteiger partial charge in [0.2, 0.25) is 0 Å². The maximum Gasteiger partial charge on any atom is 0 e. The molecule has 0 saturated heterocycles. The molecule has 0 spiro atoms. The summed E-state index contributed by atoms with van der Waals surface area (Å²) in [5.74, 6) is 0. The van der Waals surface area contributed by atoms with Crippen LogP contribution in [0.15, 0.2) is 0 Å². The second kappa shape index (κ2) is 18.0. The Morgan fingerprint density at radius 3 is 1.25 bits per heavy atom. The van der Waals surface area contributed by atoms with Crippen molar-refractivity contribution in [2.45, 2.75) is 0 Å². The van der Waals surface area contributed by atoms with Gasteiger partial charge in [0.25, 0.3) is 0 Å². The fourth-order valence-corrected chi connectivity index (χ4v) is 0. The van der Waals surface area contributed by atoms with Crippen LogP contribution in [0.5, 0.6) is 0 Å². The van der Waals surface area contributed by atoms with E-state index in [9.17, 15) is 0 Å². The zero-order valence-corrected chi connectivity index (χ0v) is 10.4. The van der Waals surface area contributed by atoms with Gasteiger partial charge in [-0.15, -0.1) is 0 Å². The molecular weight excluding hydrogens is 377 g/mol. The Bertz CT molecular complexity index is 6.00. The van der Waals surface area contributed by atoms with Gasteiger partial charge in [-0.1, -0.05) is 0 Å². The molecule has 0 radical (unpaired) electrons. The molecule has 4 heavy (non-hydrogen) atoms. The molecule has 18 valence electrons. The van der Waals surface area contributed by atoms with Crippen molar-refractivity contribution in [2.24, 2.45) is 0 Å². The predicted octanol–water partition coefficient (Wildman–Crippen LogP) is -0.126. The van der Waals surface area contributed by atoms with Crippen LogP contribution in [0, 0.1) is 0 Å². The van der Waals surface area contributed by atoms with Crippen molar-refractivity contribution in [3.8, 4) is 0 Å². The maximum atomic E-state index is 8.34. The van der Waals surface area contributed by atoms with Gasteiger partial charge < -0.3 is 0 Å². The van der Waals surface area contributed by atoms with E-state index < -0.39 is 0 Å². The maximum absolute atomic E-state index is 8.34. The number of hydrogen-bond acceptors (Lipinski definition) is 1. The van der Waals surface area contributed by atoms with E-state index in [0.717, 1.165) is 0 Å². The molecule has 0 aliphatic rings. The van der Waals surface area contributed by atoms with Crippen molar-refractivity contribution in [2.75, 3.05) is 0 Å². The normalized spacial score (nSPS) is 0.750. The van der Waals surface area contributed by atoms with Crippen molar-refractivity contribution in [1.82, 2.24) is 0 Å². The fourth-order valence-electron chi connectivity index (χ4n) is 0. The van der Waals surface area contributed by atoms with Crippen LogP contribution in [-0.4, -0.2) is 0 Å². The summed E-state index contributed by atoms with van der Waals surface area (Å²) in [5, 5.41) is 0. The molecule has 0 aromatic rings. The van der Waals surface area contributed by atoms with Gasteiger partial charge in [0.15, 0.2) is 0 Å². The third-order valence-electron chi connectivity index (χ3n) is 0. The van der Waals surface area contributed by atoms with Crippen molar-refractivity contribution < 1.29 is 79.6 Å². The van der Waals surface area contributed by atoms with Gasteiger partial charge in [0, 0.05) is 52.0 Å². The topological polar surface area (TPSA) is 17.1 Å². The molecule has 0 rings (SSSR count). The zero-order chi connectivity index (χ0) is 2.00. The Morgan fingerprint density at radius 1 is 1.25 bits per heavy atom. The number of rotatable bonds is 0. The summed E-state index contributed by atoms with van der Waals surface area (Å²) in [5.41, 5.74) is 0. The van der Waals surface area contributed by atoms with E-state index in [1.807, 2.05) is 0 Å². The average Bonchev–Trinajstić information content (AvgIpc) is 1.00. The predicted molar refractivity (Wildman–Crippen MR) is 0.686 cm³/mol. The van der Waals surface area contributed by atoms with Crippen LogP contribution < -0.4 is 0 Å². The Balaban J connectivity index is -0.00000000500. The molecule has 0 amide bonds. The van der Waals surface area contributed by atoms with E-state index in [1.54, 1.807) is 0 Å². The molecule has 4 heteroatoms. The molecule has 0 atom stereocenters. The summed E-state index contributed by atoms with van der Waals surface area (Å²) in [6, 6.07) is 0. The molecule has 0 fully saturated rings. The van der Waals surface area contributed by atoms with E-state index in [0.29, 0.717) is 24.7 Å². The quantitative estimate of drug-likeness (QED) is 0.538. The monoisotopic (exact) mass is 376 g/mol. The van der Waals surface area contributed by atoms with Gasteiger partial charge in [0.1, 0.15) is 0 Å². The third-order valence-corrected chi connectivity index (χ3v) is 0. The smallest absolute Gasteiger partial charge is 0 e. The molecule has 0 aromatic heterocycles. The van der Waals surface area contributed by atoms with Gasteiger partial charge in [-0.05, 0) is 0 Å². The fraction of sp³-hybridized carbons (Fsp3) is 0. The summed E-state index contributed by atoms with van der Waals surface area (Å²) < 4.78 is 8.34. The van der Waals surface area contributed by atoms with Crippen molar-refractivity contribution in [3.05, 3.63) is 0 Å². The van der Waals surface area contributed by atoms with Crippen LogP contribution in [0.4, 0.5) is 0 Å². The molecule has 0 saturated carbocycles. The van der Waals surface area contributed by atoms with E-state index in [2.05, 4.69) is 0 Å². The van der Waals surface area contributed by atoms with E-state index in [4.69, 9.17) is 2.81 Å². The first-order chi connectivity index (χ1) is 1.00. The van der Waals surface area contributed by atoms with Crippen LogP contribution in [0.1, 0.15) is 0 Å². The van der Waals surface area contributed by atoms with Crippen LogP contribution in [0.3, 0.4) is 0 Å². The van der Waals surface area contributed by atoms with Crippen molar-refractivity contribution >= 4 is 0 Å².